The minimum atomic E-state index is -1.12. The van der Waals surface area contributed by atoms with Gasteiger partial charge in [-0.25, -0.2) is 9.59 Å². The molecule has 7 heteroatoms. The molecule has 0 aromatic heterocycles. The van der Waals surface area contributed by atoms with Crippen molar-refractivity contribution in [1.29, 1.82) is 0 Å². The predicted molar refractivity (Wildman–Crippen MR) is 130 cm³/mol. The largest absolute Gasteiger partial charge is 0.480 e. The fourth-order valence-corrected chi connectivity index (χ4v) is 4.38. The number of rotatable bonds is 8. The van der Waals surface area contributed by atoms with Crippen LogP contribution in [0.2, 0.25) is 0 Å². The fraction of sp³-hybridized carbons (Fsp3) is 0.444. The van der Waals surface area contributed by atoms with Crippen LogP contribution in [0.5, 0.6) is 0 Å². The Kier molecular flexibility index (Phi) is 7.64. The van der Waals surface area contributed by atoms with Crippen LogP contribution in [0.3, 0.4) is 0 Å². The zero-order chi connectivity index (χ0) is 25.0. The molecule has 0 radical (unpaired) electrons. The molecule has 34 heavy (non-hydrogen) atoms. The number of carboxylic acids is 1. The molecule has 2 amide bonds. The monoisotopic (exact) mass is 466 g/mol. The highest BCUT2D eigenvalue weighted by Gasteiger charge is 2.35. The molecule has 0 fully saturated rings. The van der Waals surface area contributed by atoms with E-state index in [1.165, 1.54) is 0 Å². The Morgan fingerprint density at radius 1 is 0.941 bits per heavy atom. The van der Waals surface area contributed by atoms with Crippen molar-refractivity contribution in [3.05, 3.63) is 59.7 Å². The van der Waals surface area contributed by atoms with Crippen LogP contribution in [0.1, 0.15) is 58.1 Å². The van der Waals surface area contributed by atoms with Gasteiger partial charge in [0.05, 0.1) is 0 Å². The number of hydrogen-bond acceptors (Lipinski definition) is 4. The summed E-state index contributed by atoms with van der Waals surface area (Å²) in [5.41, 5.74) is 3.77. The molecule has 7 nitrogen and oxygen atoms in total. The van der Waals surface area contributed by atoms with Gasteiger partial charge in [-0.05, 0) is 40.0 Å². The number of alkyl carbamates (subject to hydrolysis) is 1. The number of fused-ring (bicyclic) bond motifs is 3. The maximum atomic E-state index is 12.9. The van der Waals surface area contributed by atoms with Crippen molar-refractivity contribution in [3.8, 4) is 11.1 Å². The Bertz CT molecular complexity index is 1010. The number of benzene rings is 2. The molecule has 0 bridgehead atoms. The van der Waals surface area contributed by atoms with Crippen molar-refractivity contribution in [3.63, 3.8) is 0 Å². The predicted octanol–water partition coefficient (Wildman–Crippen LogP) is 4.56. The first-order valence-electron chi connectivity index (χ1n) is 11.6. The molecule has 2 aromatic rings. The molecule has 0 heterocycles. The molecule has 0 aliphatic heterocycles. The molecule has 2 aromatic carbocycles. The Hall–Kier alpha value is -3.35. The molecule has 0 saturated heterocycles. The molecule has 1 aliphatic carbocycles. The Balaban J connectivity index is 1.69. The first-order chi connectivity index (χ1) is 16.0. The Labute approximate surface area is 200 Å². The van der Waals surface area contributed by atoms with Gasteiger partial charge in [0.25, 0.3) is 0 Å². The second-order valence-electron chi connectivity index (χ2n) is 10.3. The maximum Gasteiger partial charge on any atom is 0.407 e. The molecule has 0 saturated carbocycles. The minimum absolute atomic E-state index is 0.0900. The van der Waals surface area contributed by atoms with E-state index in [2.05, 4.69) is 22.8 Å². The Morgan fingerprint density at radius 2 is 1.47 bits per heavy atom. The van der Waals surface area contributed by atoms with Crippen molar-refractivity contribution >= 4 is 18.0 Å². The standard InChI is InChI=1S/C27H34N2O5/c1-16(2)14-22(24(30)29-23(25(31)32)27(3,4)5)28-26(33)34-15-21-19-12-8-6-10-17(19)18-11-7-9-13-20(18)21/h6-13,16,21-23H,14-15H2,1-5H3,(H,28,33)(H,29,30)(H,31,32)/t22-,23-/m1/s1. The van der Waals surface area contributed by atoms with Gasteiger partial charge in [0, 0.05) is 5.92 Å². The minimum Gasteiger partial charge on any atom is -0.480 e. The smallest absolute Gasteiger partial charge is 0.407 e. The van der Waals surface area contributed by atoms with Crippen molar-refractivity contribution in [2.75, 3.05) is 6.61 Å². The highest BCUT2D eigenvalue weighted by atomic mass is 16.5. The van der Waals surface area contributed by atoms with Crippen molar-refractivity contribution < 1.29 is 24.2 Å². The van der Waals surface area contributed by atoms with Gasteiger partial charge in [0.1, 0.15) is 18.7 Å². The zero-order valence-corrected chi connectivity index (χ0v) is 20.4. The van der Waals surface area contributed by atoms with Gasteiger partial charge in [-0.2, -0.15) is 0 Å². The molecule has 3 N–H and O–H groups in total. The van der Waals surface area contributed by atoms with Gasteiger partial charge in [0.2, 0.25) is 5.91 Å². The van der Waals surface area contributed by atoms with Crippen molar-refractivity contribution in [1.82, 2.24) is 10.6 Å². The number of amides is 2. The number of nitrogens with one attached hydrogen (secondary N) is 2. The lowest BCUT2D eigenvalue weighted by molar-refractivity contribution is -0.145. The molecule has 182 valence electrons. The van der Waals surface area contributed by atoms with Gasteiger partial charge < -0.3 is 20.5 Å². The maximum absolute atomic E-state index is 12.9. The van der Waals surface area contributed by atoms with E-state index < -0.39 is 35.5 Å². The first-order valence-corrected chi connectivity index (χ1v) is 11.6. The summed E-state index contributed by atoms with van der Waals surface area (Å²) >= 11 is 0. The number of ether oxygens (including phenoxy) is 1. The van der Waals surface area contributed by atoms with Crippen LogP contribution >= 0.6 is 0 Å². The summed E-state index contributed by atoms with van der Waals surface area (Å²) in [6.45, 7) is 9.21. The molecule has 0 unspecified atom stereocenters. The molecule has 3 rings (SSSR count). The van der Waals surface area contributed by atoms with Crippen LogP contribution in [0.25, 0.3) is 11.1 Å². The normalized spacial score (nSPS) is 14.6. The van der Waals surface area contributed by atoms with Crippen LogP contribution in [-0.4, -0.2) is 41.8 Å². The summed E-state index contributed by atoms with van der Waals surface area (Å²) in [4.78, 5) is 37.3. The van der Waals surface area contributed by atoms with E-state index in [1.54, 1.807) is 20.8 Å². The molecular formula is C27H34N2O5. The lowest BCUT2D eigenvalue weighted by atomic mass is 9.86. The molecule has 0 spiro atoms. The molecular weight excluding hydrogens is 432 g/mol. The third kappa shape index (κ3) is 5.76. The Morgan fingerprint density at radius 3 is 1.94 bits per heavy atom. The summed E-state index contributed by atoms with van der Waals surface area (Å²) in [6, 6.07) is 14.1. The summed E-state index contributed by atoms with van der Waals surface area (Å²) in [7, 11) is 0. The molecule has 1 aliphatic rings. The number of carbonyl (C=O) groups excluding carboxylic acids is 2. The summed E-state index contributed by atoms with van der Waals surface area (Å²) in [6.07, 6.45) is -0.350. The average molecular weight is 467 g/mol. The van der Waals surface area contributed by atoms with Gasteiger partial charge >= 0.3 is 12.1 Å². The fourth-order valence-electron chi connectivity index (χ4n) is 4.38. The number of carbonyl (C=O) groups is 3. The summed E-state index contributed by atoms with van der Waals surface area (Å²) in [5, 5.41) is 14.8. The molecule has 2 atom stereocenters. The first kappa shape index (κ1) is 25.3. The second-order valence-corrected chi connectivity index (χ2v) is 10.3. The summed E-state index contributed by atoms with van der Waals surface area (Å²) < 4.78 is 5.58. The number of carboxylic acid groups (broad SMARTS) is 1. The second kappa shape index (κ2) is 10.3. The van der Waals surface area contributed by atoms with Gasteiger partial charge in [-0.15, -0.1) is 0 Å². The van der Waals surface area contributed by atoms with Crippen molar-refractivity contribution in [2.24, 2.45) is 11.3 Å². The number of hydrogen-bond donors (Lipinski definition) is 3. The van der Waals surface area contributed by atoms with Crippen LogP contribution in [0.4, 0.5) is 4.79 Å². The highest BCUT2D eigenvalue weighted by Crippen LogP contribution is 2.44. The van der Waals surface area contributed by atoms with E-state index in [9.17, 15) is 19.5 Å². The van der Waals surface area contributed by atoms with E-state index >= 15 is 0 Å². The van der Waals surface area contributed by atoms with Crippen LogP contribution < -0.4 is 10.6 Å². The lowest BCUT2D eigenvalue weighted by Gasteiger charge is -2.30. The van der Waals surface area contributed by atoms with E-state index in [-0.39, 0.29) is 18.4 Å². The zero-order valence-electron chi connectivity index (χ0n) is 20.4. The topological polar surface area (TPSA) is 105 Å². The lowest BCUT2D eigenvalue weighted by Crippen LogP contribution is -2.55. The van der Waals surface area contributed by atoms with E-state index in [1.807, 2.05) is 50.2 Å². The third-order valence-electron chi connectivity index (χ3n) is 6.06. The van der Waals surface area contributed by atoms with E-state index in [0.29, 0.717) is 6.42 Å². The highest BCUT2D eigenvalue weighted by molar-refractivity contribution is 5.89. The van der Waals surface area contributed by atoms with Gasteiger partial charge in [0.15, 0.2) is 0 Å². The quantitative estimate of drug-likeness (QED) is 0.529. The van der Waals surface area contributed by atoms with Gasteiger partial charge in [-0.3, -0.25) is 4.79 Å². The third-order valence-corrected chi connectivity index (χ3v) is 6.06. The van der Waals surface area contributed by atoms with E-state index in [0.717, 1.165) is 22.3 Å². The van der Waals surface area contributed by atoms with Crippen LogP contribution in [-0.2, 0) is 14.3 Å². The van der Waals surface area contributed by atoms with Crippen molar-refractivity contribution in [2.45, 2.75) is 59.0 Å². The average Bonchev–Trinajstić information content (AvgIpc) is 3.08. The van der Waals surface area contributed by atoms with Crippen LogP contribution in [0.15, 0.2) is 48.5 Å². The summed E-state index contributed by atoms with van der Waals surface area (Å²) in [5.74, 6) is -1.65. The SMILES string of the molecule is CC(C)C[C@@H](NC(=O)OCC1c2ccccc2-c2ccccc21)C(=O)N[C@H](C(=O)O)C(C)(C)C. The van der Waals surface area contributed by atoms with E-state index in [4.69, 9.17) is 4.74 Å². The van der Waals surface area contributed by atoms with Gasteiger partial charge in [-0.1, -0.05) is 83.1 Å². The number of aliphatic carboxylic acids is 1. The van der Waals surface area contributed by atoms with Crippen LogP contribution in [0, 0.1) is 11.3 Å².